The van der Waals surface area contributed by atoms with E-state index in [2.05, 4.69) is 4.74 Å². The fourth-order valence-corrected chi connectivity index (χ4v) is 1.05. The van der Waals surface area contributed by atoms with Crippen LogP contribution in [0.4, 0.5) is 0 Å². The van der Waals surface area contributed by atoms with Crippen LogP contribution in [0.1, 0.15) is 0 Å². The Kier molecular flexibility index (Phi) is 3.41. The molecule has 0 aromatic rings. The molecule has 1 heterocycles. The molecular formula is C8H12O5. The summed E-state index contributed by atoms with van der Waals surface area (Å²) < 4.78 is 19.5. The van der Waals surface area contributed by atoms with Crippen molar-refractivity contribution in [3.05, 3.63) is 11.6 Å². The monoisotopic (exact) mass is 188 g/mol. The Bertz CT molecular complexity index is 223. The first-order chi connectivity index (χ1) is 6.22. The van der Waals surface area contributed by atoms with E-state index in [1.54, 1.807) is 0 Å². The van der Waals surface area contributed by atoms with Crippen molar-refractivity contribution in [1.82, 2.24) is 0 Å². The predicted octanol–water partition coefficient (Wildman–Crippen LogP) is 0.0610. The largest absolute Gasteiger partial charge is 0.466 e. The lowest BCUT2D eigenvalue weighted by Gasteiger charge is -2.12. The highest BCUT2D eigenvalue weighted by Gasteiger charge is 2.32. The summed E-state index contributed by atoms with van der Waals surface area (Å²) >= 11 is 0. The van der Waals surface area contributed by atoms with Crippen LogP contribution in [-0.4, -0.2) is 39.9 Å². The molecule has 5 nitrogen and oxygen atoms in total. The first-order valence-electron chi connectivity index (χ1n) is 3.74. The molecule has 0 bridgehead atoms. The van der Waals surface area contributed by atoms with Gasteiger partial charge in [-0.2, -0.15) is 0 Å². The third-order valence-corrected chi connectivity index (χ3v) is 1.69. The summed E-state index contributed by atoms with van der Waals surface area (Å²) in [5, 5.41) is 0. The van der Waals surface area contributed by atoms with Gasteiger partial charge in [0.1, 0.15) is 0 Å². The van der Waals surface area contributed by atoms with Gasteiger partial charge in [0.15, 0.2) is 12.6 Å². The maximum absolute atomic E-state index is 11.1. The van der Waals surface area contributed by atoms with Crippen LogP contribution in [0.15, 0.2) is 11.6 Å². The van der Waals surface area contributed by atoms with Gasteiger partial charge in [0.25, 0.3) is 0 Å². The van der Waals surface area contributed by atoms with E-state index in [9.17, 15) is 4.79 Å². The number of carbonyl (C=O) groups excluding carboxylic acids is 1. The number of hydrogen-bond acceptors (Lipinski definition) is 5. The molecule has 13 heavy (non-hydrogen) atoms. The van der Waals surface area contributed by atoms with Gasteiger partial charge < -0.3 is 18.9 Å². The van der Waals surface area contributed by atoms with Gasteiger partial charge in [-0.1, -0.05) is 0 Å². The second kappa shape index (κ2) is 4.36. The maximum atomic E-state index is 11.1. The Morgan fingerprint density at radius 1 is 1.38 bits per heavy atom. The highest BCUT2D eigenvalue weighted by molar-refractivity contribution is 5.89. The Morgan fingerprint density at radius 3 is 2.54 bits per heavy atom. The number of methoxy groups -OCH3 is 3. The third kappa shape index (κ3) is 2.06. The predicted molar refractivity (Wildman–Crippen MR) is 42.8 cm³/mol. The molecule has 1 aliphatic rings. The fourth-order valence-electron chi connectivity index (χ4n) is 1.05. The first-order valence-corrected chi connectivity index (χ1v) is 3.74. The molecule has 5 heteroatoms. The van der Waals surface area contributed by atoms with E-state index in [0.717, 1.165) is 0 Å². The summed E-state index contributed by atoms with van der Waals surface area (Å²) in [5.74, 6) is -0.466. The number of esters is 1. The molecule has 0 fully saturated rings. The third-order valence-electron chi connectivity index (χ3n) is 1.69. The maximum Gasteiger partial charge on any atom is 0.338 e. The highest BCUT2D eigenvalue weighted by Crippen LogP contribution is 2.21. The molecule has 0 aromatic heterocycles. The van der Waals surface area contributed by atoms with Crippen molar-refractivity contribution in [2.24, 2.45) is 0 Å². The van der Waals surface area contributed by atoms with Crippen molar-refractivity contribution < 1.29 is 23.7 Å². The lowest BCUT2D eigenvalue weighted by atomic mass is 10.2. The fraction of sp³-hybridized carbons (Fsp3) is 0.625. The second-order valence-corrected chi connectivity index (χ2v) is 2.42. The van der Waals surface area contributed by atoms with E-state index in [1.165, 1.54) is 27.4 Å². The topological polar surface area (TPSA) is 54.0 Å². The van der Waals surface area contributed by atoms with Gasteiger partial charge in [-0.25, -0.2) is 4.79 Å². The zero-order chi connectivity index (χ0) is 9.84. The van der Waals surface area contributed by atoms with Gasteiger partial charge in [-0.15, -0.1) is 0 Å². The molecule has 1 aliphatic heterocycles. The molecule has 0 saturated heterocycles. The molecule has 0 N–H and O–H groups in total. The van der Waals surface area contributed by atoms with Crippen LogP contribution >= 0.6 is 0 Å². The zero-order valence-electron chi connectivity index (χ0n) is 7.77. The standard InChI is InChI=1S/C8H12O5/c1-10-6-4-5(7(9)11-2)8(12-3)13-6/h4,6,8H,1-3H3/t6-,8-/m1/s1. The summed E-state index contributed by atoms with van der Waals surface area (Å²) in [4.78, 5) is 11.1. The Labute approximate surface area is 76.2 Å². The molecule has 0 spiro atoms. The van der Waals surface area contributed by atoms with Crippen LogP contribution in [0.2, 0.25) is 0 Å². The smallest absolute Gasteiger partial charge is 0.338 e. The lowest BCUT2D eigenvalue weighted by molar-refractivity contribution is -0.180. The van der Waals surface area contributed by atoms with Crippen molar-refractivity contribution in [3.8, 4) is 0 Å². The van der Waals surface area contributed by atoms with Gasteiger partial charge in [0, 0.05) is 14.2 Å². The first kappa shape index (κ1) is 10.2. The summed E-state index contributed by atoms with van der Waals surface area (Å²) in [6.45, 7) is 0. The van der Waals surface area contributed by atoms with Crippen molar-refractivity contribution in [3.63, 3.8) is 0 Å². The second-order valence-electron chi connectivity index (χ2n) is 2.42. The molecule has 0 amide bonds. The van der Waals surface area contributed by atoms with Crippen LogP contribution in [0.25, 0.3) is 0 Å². The minimum absolute atomic E-state index is 0.330. The Morgan fingerprint density at radius 2 is 2.08 bits per heavy atom. The molecule has 0 radical (unpaired) electrons. The quantitative estimate of drug-likeness (QED) is 0.586. The minimum atomic E-state index is -0.697. The average Bonchev–Trinajstić information content (AvgIpc) is 2.59. The SMILES string of the molecule is COC(=O)C1=C[C@H](OC)O[C@H]1OC. The van der Waals surface area contributed by atoms with Crippen molar-refractivity contribution in [1.29, 1.82) is 0 Å². The minimum Gasteiger partial charge on any atom is -0.466 e. The lowest BCUT2D eigenvalue weighted by Crippen LogP contribution is -2.21. The van der Waals surface area contributed by atoms with E-state index in [1.807, 2.05) is 0 Å². The van der Waals surface area contributed by atoms with Crippen molar-refractivity contribution >= 4 is 5.97 Å². The van der Waals surface area contributed by atoms with E-state index in [4.69, 9.17) is 14.2 Å². The molecule has 0 aromatic carbocycles. The van der Waals surface area contributed by atoms with E-state index in [0.29, 0.717) is 5.57 Å². The van der Waals surface area contributed by atoms with Crippen molar-refractivity contribution in [2.45, 2.75) is 12.6 Å². The van der Waals surface area contributed by atoms with Crippen LogP contribution in [0.3, 0.4) is 0 Å². The zero-order valence-corrected chi connectivity index (χ0v) is 7.77. The van der Waals surface area contributed by atoms with Crippen LogP contribution < -0.4 is 0 Å². The Hall–Kier alpha value is -0.910. The molecule has 1 rings (SSSR count). The molecule has 74 valence electrons. The molecule has 0 unspecified atom stereocenters. The average molecular weight is 188 g/mol. The number of rotatable bonds is 3. The van der Waals surface area contributed by atoms with E-state index >= 15 is 0 Å². The summed E-state index contributed by atoms with van der Waals surface area (Å²) in [6.07, 6.45) is 0.288. The van der Waals surface area contributed by atoms with Crippen molar-refractivity contribution in [2.75, 3.05) is 21.3 Å². The van der Waals surface area contributed by atoms with Crippen LogP contribution in [0.5, 0.6) is 0 Å². The highest BCUT2D eigenvalue weighted by atomic mass is 16.8. The number of carbonyl (C=O) groups is 1. The molecule has 2 atom stereocenters. The summed E-state index contributed by atoms with van der Waals surface area (Å²) in [7, 11) is 4.23. The summed E-state index contributed by atoms with van der Waals surface area (Å²) in [5.41, 5.74) is 0.330. The van der Waals surface area contributed by atoms with E-state index in [-0.39, 0.29) is 0 Å². The molecular weight excluding hydrogens is 176 g/mol. The molecule has 0 saturated carbocycles. The van der Waals surface area contributed by atoms with Crippen LogP contribution in [-0.2, 0) is 23.7 Å². The normalized spacial score (nSPS) is 27.2. The number of hydrogen-bond donors (Lipinski definition) is 0. The van der Waals surface area contributed by atoms with Gasteiger partial charge in [-0.05, 0) is 6.08 Å². The number of ether oxygens (including phenoxy) is 4. The van der Waals surface area contributed by atoms with Gasteiger partial charge in [0.05, 0.1) is 12.7 Å². The van der Waals surface area contributed by atoms with E-state index < -0.39 is 18.5 Å². The van der Waals surface area contributed by atoms with Gasteiger partial charge >= 0.3 is 5.97 Å². The van der Waals surface area contributed by atoms with Gasteiger partial charge in [0.2, 0.25) is 0 Å². The van der Waals surface area contributed by atoms with Crippen LogP contribution in [0, 0.1) is 0 Å². The molecule has 0 aliphatic carbocycles. The summed E-state index contributed by atoms with van der Waals surface area (Å²) in [6, 6.07) is 0. The Balaban J connectivity index is 2.72. The van der Waals surface area contributed by atoms with Gasteiger partial charge in [-0.3, -0.25) is 0 Å².